The molecule has 0 amide bonds. The molecule has 0 spiro atoms. The van der Waals surface area contributed by atoms with Gasteiger partial charge in [0.15, 0.2) is 0 Å². The van der Waals surface area contributed by atoms with E-state index in [4.69, 9.17) is 0 Å². The predicted molar refractivity (Wildman–Crippen MR) is 183 cm³/mol. The number of hydrogen-bond acceptors (Lipinski definition) is 0. The number of hydrogen-bond donors (Lipinski definition) is 0. The van der Waals surface area contributed by atoms with Gasteiger partial charge in [0.05, 0.1) is 0 Å². The van der Waals surface area contributed by atoms with E-state index < -0.39 is 0 Å². The van der Waals surface area contributed by atoms with Gasteiger partial charge in [0.2, 0.25) is 0 Å². The number of allylic oxidation sites excluding steroid dienone is 5. The Kier molecular flexibility index (Phi) is 8.17. The van der Waals surface area contributed by atoms with Crippen molar-refractivity contribution in [2.45, 2.75) is 19.8 Å². The second-order valence-electron chi connectivity index (χ2n) is 10.3. The van der Waals surface area contributed by atoms with E-state index in [1.54, 1.807) is 0 Å². The summed E-state index contributed by atoms with van der Waals surface area (Å²) in [7, 11) is 27.2. The third kappa shape index (κ3) is 4.34. The van der Waals surface area contributed by atoms with E-state index in [1.807, 2.05) is 0 Å². The molecule has 0 aliphatic rings. The smallest absolute Gasteiger partial charge is 0.141 e. The van der Waals surface area contributed by atoms with Gasteiger partial charge >= 0.3 is 0 Å². The molecule has 0 bridgehead atoms. The summed E-state index contributed by atoms with van der Waals surface area (Å²) in [6.45, 7) is 8.71. The van der Waals surface area contributed by atoms with Crippen molar-refractivity contribution < 1.29 is 0 Å². The Morgan fingerprint density at radius 1 is 0.781 bits per heavy atom. The second kappa shape index (κ2) is 9.78. The molecular formula is C19H33B12N. The highest BCUT2D eigenvalue weighted by atomic mass is 15.0. The monoisotopic (exact) mass is 407 g/mol. The third-order valence-corrected chi connectivity index (χ3v) is 8.03. The van der Waals surface area contributed by atoms with Crippen LogP contribution in [0.5, 0.6) is 0 Å². The maximum atomic E-state index is 4.22. The number of rotatable bonds is 4. The molecule has 1 nitrogen and oxygen atoms in total. The van der Waals surface area contributed by atoms with Crippen molar-refractivity contribution in [2.24, 2.45) is 0 Å². The average Bonchev–Trinajstić information content (AvgIpc) is 3.09. The van der Waals surface area contributed by atoms with Gasteiger partial charge in [0.25, 0.3) is 0 Å². The minimum Gasteiger partial charge on any atom is -0.344 e. The first-order valence-electron chi connectivity index (χ1n) is 11.9. The molecule has 150 valence electrons. The zero-order valence-electron chi connectivity index (χ0n) is 23.2. The molecule has 0 saturated carbocycles. The zero-order chi connectivity index (χ0) is 24.8. The molecule has 13 heteroatoms. The van der Waals surface area contributed by atoms with Crippen LogP contribution in [0.3, 0.4) is 0 Å². The molecule has 1 aromatic heterocycles. The Morgan fingerprint density at radius 3 is 1.72 bits per heavy atom. The van der Waals surface area contributed by atoms with Gasteiger partial charge in [-0.15, -0.1) is 39.4 Å². The topological polar surface area (TPSA) is 4.93 Å². The van der Waals surface area contributed by atoms with Crippen LogP contribution in [0.4, 0.5) is 0 Å². The molecule has 0 aliphatic carbocycles. The molecule has 0 fully saturated rings. The number of fused-ring (bicyclic) bond motifs is 1. The van der Waals surface area contributed by atoms with Crippen molar-refractivity contribution >= 4 is 138 Å². The fourth-order valence-corrected chi connectivity index (χ4v) is 4.90. The lowest BCUT2D eigenvalue weighted by Gasteiger charge is -2.24. The summed E-state index contributed by atoms with van der Waals surface area (Å²) in [4.78, 5) is 0. The lowest BCUT2D eigenvalue weighted by Crippen LogP contribution is -2.49. The predicted octanol–water partition coefficient (Wildman–Crippen LogP) is -11.6. The van der Waals surface area contributed by atoms with Crippen molar-refractivity contribution in [3.63, 3.8) is 0 Å². The van der Waals surface area contributed by atoms with Gasteiger partial charge < -0.3 is 4.57 Å². The van der Waals surface area contributed by atoms with Crippen molar-refractivity contribution in [1.82, 2.24) is 4.57 Å². The second-order valence-corrected chi connectivity index (χ2v) is 10.3. The van der Waals surface area contributed by atoms with Crippen LogP contribution in [0.25, 0.3) is 21.8 Å². The molecular weight excluding hydrogens is 372 g/mol. The first kappa shape index (κ1) is 26.7. The van der Waals surface area contributed by atoms with Gasteiger partial charge in [0.1, 0.15) is 94.2 Å². The van der Waals surface area contributed by atoms with Gasteiger partial charge in [-0.2, -0.15) is 0 Å². The van der Waals surface area contributed by atoms with E-state index in [0.29, 0.717) is 0 Å². The number of aromatic nitrogens is 1. The largest absolute Gasteiger partial charge is 0.344 e. The quantitative estimate of drug-likeness (QED) is 0.352. The maximum Gasteiger partial charge on any atom is 0.141 e. The summed E-state index contributed by atoms with van der Waals surface area (Å²) >= 11 is 0. The molecule has 1 unspecified atom stereocenters. The molecule has 0 N–H and O–H groups in total. The summed E-state index contributed by atoms with van der Waals surface area (Å²) in [6.07, 6.45) is 0. The van der Waals surface area contributed by atoms with Crippen LogP contribution in [0.1, 0.15) is 19.8 Å². The van der Waals surface area contributed by atoms with Crippen molar-refractivity contribution in [1.29, 1.82) is 0 Å². The molecule has 0 radical (unpaired) electrons. The van der Waals surface area contributed by atoms with Gasteiger partial charge in [-0.05, 0) is 10.6 Å². The Hall–Kier alpha value is -1.50. The van der Waals surface area contributed by atoms with Crippen LogP contribution in [0.15, 0.2) is 33.9 Å². The van der Waals surface area contributed by atoms with Gasteiger partial charge in [0, 0.05) is 16.8 Å². The fraction of sp³-hybridized carbons (Fsp3) is 0.158. The van der Waals surface area contributed by atoms with Gasteiger partial charge in [-0.1, -0.05) is 41.2 Å². The van der Waals surface area contributed by atoms with Crippen molar-refractivity contribution in [3.8, 4) is 0 Å². The van der Waals surface area contributed by atoms with Crippen LogP contribution in [-0.2, 0) is 0 Å². The molecule has 2 aromatic rings. The van der Waals surface area contributed by atoms with Crippen LogP contribution in [0.2, 0.25) is 0 Å². The van der Waals surface area contributed by atoms with Crippen LogP contribution in [-0.4, -0.2) is 98.7 Å². The highest BCUT2D eigenvalue weighted by Crippen LogP contribution is 2.19. The first-order valence-corrected chi connectivity index (χ1v) is 11.9. The molecule has 1 atom stereocenters. The highest BCUT2D eigenvalue weighted by Gasteiger charge is 2.22. The van der Waals surface area contributed by atoms with Gasteiger partial charge in [-0.25, -0.2) is 0 Å². The van der Waals surface area contributed by atoms with E-state index in [-0.39, 0.29) is 5.94 Å². The van der Waals surface area contributed by atoms with E-state index in [1.165, 1.54) is 76.2 Å². The Balaban J connectivity index is 3.46. The standard InChI is InChI=1S/C19H33B12N/c1-4(20)9(23)11(25)7-8-12(26)13(27)14(28)15(29)18(8)32(17(7)6(3)22)19(31)16(30)10(24)5(2)21/h19H,2,20-31H2,1,3H3/b9-4-,11-7+,16-10-,17-6-. The lowest BCUT2D eigenvalue weighted by atomic mass is 9.64. The molecule has 1 aromatic carbocycles. The Morgan fingerprint density at radius 2 is 1.28 bits per heavy atom. The molecule has 2 rings (SSSR count). The number of nitrogens with zero attached hydrogens (tertiary/aromatic N) is 1. The minimum absolute atomic E-state index is 0.243. The van der Waals surface area contributed by atoms with Crippen molar-refractivity contribution in [3.05, 3.63) is 44.5 Å². The molecule has 0 aliphatic heterocycles. The van der Waals surface area contributed by atoms with Crippen LogP contribution in [0, 0.1) is 0 Å². The van der Waals surface area contributed by atoms with Crippen molar-refractivity contribution in [2.75, 3.05) is 0 Å². The Bertz CT molecular complexity index is 1320. The normalized spacial score (nSPS) is 16.2. The van der Waals surface area contributed by atoms with Gasteiger partial charge in [-0.3, -0.25) is 0 Å². The fourth-order valence-electron chi connectivity index (χ4n) is 4.90. The lowest BCUT2D eigenvalue weighted by molar-refractivity contribution is 0.783. The molecule has 32 heavy (non-hydrogen) atoms. The first-order chi connectivity index (χ1) is 14.7. The highest BCUT2D eigenvalue weighted by molar-refractivity contribution is 6.67. The average molecular weight is 405 g/mol. The Labute approximate surface area is 206 Å². The number of benzene rings is 1. The SMILES string of the molecule is BC(=C)/C(B)=C(/B)C(B)n1c(=C(\B)C)/c(=C(B)\C(B)=C(\B)C)c2c(B)c(B)c(B)c(B)c21. The summed E-state index contributed by atoms with van der Waals surface area (Å²) in [6, 6.07) is 0. The summed E-state index contributed by atoms with van der Waals surface area (Å²) in [5.41, 5.74) is 16.4. The summed E-state index contributed by atoms with van der Waals surface area (Å²) < 4.78 is 2.62. The molecule has 1 heterocycles. The van der Waals surface area contributed by atoms with Crippen LogP contribution >= 0.6 is 0 Å². The molecule has 0 saturated heterocycles. The zero-order valence-corrected chi connectivity index (χ0v) is 23.2. The summed E-state index contributed by atoms with van der Waals surface area (Å²) in [5, 5.41) is 4.21. The third-order valence-electron chi connectivity index (χ3n) is 8.03. The van der Waals surface area contributed by atoms with E-state index >= 15 is 0 Å². The van der Waals surface area contributed by atoms with Crippen LogP contribution < -0.4 is 32.4 Å². The minimum atomic E-state index is 0.243. The van der Waals surface area contributed by atoms with E-state index in [2.05, 4.69) is 119 Å². The summed E-state index contributed by atoms with van der Waals surface area (Å²) in [5.74, 6) is 0.243. The van der Waals surface area contributed by atoms with E-state index in [9.17, 15) is 0 Å². The van der Waals surface area contributed by atoms with E-state index in [0.717, 1.165) is 5.47 Å². The maximum absolute atomic E-state index is 4.22.